The number of aromatic nitrogens is 1. The second-order valence-corrected chi connectivity index (χ2v) is 8.78. The van der Waals surface area contributed by atoms with Crippen LogP contribution in [0.2, 0.25) is 0 Å². The molecular formula is C17H20N2O5S2. The standard InChI is InChI=1S/C17H20N2O5S2/c1-12-9-16(25-11-17(20)23-2)14-10-13(3-4-15(14)18-12)26(21,22)19-5-7-24-8-6-19/h3-4,9-10H,5-8,11H2,1-2H3. The lowest BCUT2D eigenvalue weighted by molar-refractivity contribution is -0.137. The number of nitrogens with zero attached hydrogens (tertiary/aromatic N) is 2. The number of ether oxygens (including phenoxy) is 2. The molecule has 1 saturated heterocycles. The van der Waals surface area contributed by atoms with Gasteiger partial charge in [0.2, 0.25) is 10.0 Å². The van der Waals surface area contributed by atoms with Crippen molar-refractivity contribution in [3.8, 4) is 0 Å². The molecule has 0 unspecified atom stereocenters. The Morgan fingerprint density at radius 2 is 2.04 bits per heavy atom. The van der Waals surface area contributed by atoms with Crippen LogP contribution < -0.4 is 0 Å². The molecule has 0 amide bonds. The molecule has 0 bridgehead atoms. The fourth-order valence-corrected chi connectivity index (χ4v) is 5.11. The Hall–Kier alpha value is -1.68. The van der Waals surface area contributed by atoms with Crippen LogP contribution in [-0.2, 0) is 24.3 Å². The van der Waals surface area contributed by atoms with Crippen LogP contribution in [0.4, 0.5) is 0 Å². The van der Waals surface area contributed by atoms with Crippen molar-refractivity contribution in [2.24, 2.45) is 0 Å². The number of methoxy groups -OCH3 is 1. The van der Waals surface area contributed by atoms with Gasteiger partial charge >= 0.3 is 5.97 Å². The fraction of sp³-hybridized carbons (Fsp3) is 0.412. The average molecular weight is 396 g/mol. The smallest absolute Gasteiger partial charge is 0.315 e. The van der Waals surface area contributed by atoms with Crippen molar-refractivity contribution in [3.63, 3.8) is 0 Å². The van der Waals surface area contributed by atoms with Gasteiger partial charge in [-0.1, -0.05) is 0 Å². The number of thioether (sulfide) groups is 1. The molecule has 1 aromatic heterocycles. The molecule has 9 heteroatoms. The first-order chi connectivity index (χ1) is 12.4. The minimum Gasteiger partial charge on any atom is -0.468 e. The van der Waals surface area contributed by atoms with Crippen LogP contribution in [0, 0.1) is 6.92 Å². The van der Waals surface area contributed by atoms with E-state index in [0.717, 1.165) is 10.6 Å². The third-order valence-electron chi connectivity index (χ3n) is 4.05. The highest BCUT2D eigenvalue weighted by Gasteiger charge is 2.26. The van der Waals surface area contributed by atoms with Gasteiger partial charge in [0.25, 0.3) is 0 Å². The van der Waals surface area contributed by atoms with Crippen LogP contribution in [0.3, 0.4) is 0 Å². The van der Waals surface area contributed by atoms with Crippen molar-refractivity contribution in [1.82, 2.24) is 9.29 Å². The topological polar surface area (TPSA) is 85.8 Å². The number of benzene rings is 1. The normalized spacial score (nSPS) is 15.9. The van der Waals surface area contributed by atoms with Gasteiger partial charge < -0.3 is 9.47 Å². The summed E-state index contributed by atoms with van der Waals surface area (Å²) >= 11 is 1.31. The number of hydrogen-bond acceptors (Lipinski definition) is 7. The number of pyridine rings is 1. The van der Waals surface area contributed by atoms with Gasteiger partial charge in [0, 0.05) is 29.1 Å². The lowest BCUT2D eigenvalue weighted by Crippen LogP contribution is -2.40. The molecule has 3 rings (SSSR count). The largest absolute Gasteiger partial charge is 0.468 e. The molecule has 2 heterocycles. The summed E-state index contributed by atoms with van der Waals surface area (Å²) in [6.45, 7) is 3.34. The van der Waals surface area contributed by atoms with E-state index in [9.17, 15) is 13.2 Å². The van der Waals surface area contributed by atoms with E-state index < -0.39 is 10.0 Å². The lowest BCUT2D eigenvalue weighted by Gasteiger charge is -2.26. The molecule has 1 aromatic carbocycles. The molecule has 1 aliphatic heterocycles. The zero-order valence-electron chi connectivity index (χ0n) is 14.6. The van der Waals surface area contributed by atoms with Crippen molar-refractivity contribution in [2.45, 2.75) is 16.7 Å². The molecular weight excluding hydrogens is 376 g/mol. The van der Waals surface area contributed by atoms with Gasteiger partial charge in [-0.05, 0) is 31.2 Å². The van der Waals surface area contributed by atoms with E-state index in [-0.39, 0.29) is 16.6 Å². The third kappa shape index (κ3) is 4.01. The van der Waals surface area contributed by atoms with E-state index in [1.807, 2.05) is 13.0 Å². The number of esters is 1. The molecule has 0 radical (unpaired) electrons. The average Bonchev–Trinajstić information content (AvgIpc) is 2.66. The molecule has 2 aromatic rings. The number of carbonyl (C=O) groups is 1. The number of morpholine rings is 1. The van der Waals surface area contributed by atoms with E-state index in [4.69, 9.17) is 4.74 Å². The predicted octanol–water partition coefficient (Wildman–Crippen LogP) is 1.83. The second-order valence-electron chi connectivity index (χ2n) is 5.82. The van der Waals surface area contributed by atoms with Crippen LogP contribution in [0.5, 0.6) is 0 Å². The quantitative estimate of drug-likeness (QED) is 0.563. The number of sulfonamides is 1. The van der Waals surface area contributed by atoms with Gasteiger partial charge in [0.15, 0.2) is 0 Å². The summed E-state index contributed by atoms with van der Waals surface area (Å²) < 4.78 is 37.1. The second kappa shape index (κ2) is 7.91. The minimum atomic E-state index is -3.59. The van der Waals surface area contributed by atoms with Crippen LogP contribution in [0.1, 0.15) is 5.69 Å². The fourth-order valence-electron chi connectivity index (χ4n) is 2.71. The lowest BCUT2D eigenvalue weighted by atomic mass is 10.2. The first-order valence-corrected chi connectivity index (χ1v) is 10.5. The molecule has 140 valence electrons. The van der Waals surface area contributed by atoms with Crippen molar-refractivity contribution < 1.29 is 22.7 Å². The molecule has 0 saturated carbocycles. The predicted molar refractivity (Wildman–Crippen MR) is 98.8 cm³/mol. The van der Waals surface area contributed by atoms with Crippen molar-refractivity contribution in [3.05, 3.63) is 30.0 Å². The summed E-state index contributed by atoms with van der Waals surface area (Å²) in [6.07, 6.45) is 0. The van der Waals surface area contributed by atoms with Crippen LogP contribution in [-0.4, -0.2) is 62.8 Å². The molecule has 0 aliphatic carbocycles. The van der Waals surface area contributed by atoms with E-state index in [1.165, 1.54) is 23.2 Å². The van der Waals surface area contributed by atoms with Gasteiger partial charge in [-0.2, -0.15) is 4.31 Å². The van der Waals surface area contributed by atoms with Gasteiger partial charge in [0.1, 0.15) is 0 Å². The highest BCUT2D eigenvalue weighted by atomic mass is 32.2. The number of aryl methyl sites for hydroxylation is 1. The van der Waals surface area contributed by atoms with E-state index in [1.54, 1.807) is 18.2 Å². The molecule has 1 aliphatic rings. The van der Waals surface area contributed by atoms with Gasteiger partial charge in [0.05, 0.1) is 36.5 Å². The Morgan fingerprint density at radius 3 is 2.73 bits per heavy atom. The molecule has 26 heavy (non-hydrogen) atoms. The van der Waals surface area contributed by atoms with Gasteiger partial charge in [-0.3, -0.25) is 9.78 Å². The molecule has 0 N–H and O–H groups in total. The van der Waals surface area contributed by atoms with Crippen LogP contribution in [0.15, 0.2) is 34.1 Å². The number of fused-ring (bicyclic) bond motifs is 1. The molecule has 0 spiro atoms. The zero-order chi connectivity index (χ0) is 18.7. The Balaban J connectivity index is 2.01. The zero-order valence-corrected chi connectivity index (χ0v) is 16.2. The Kier molecular flexibility index (Phi) is 5.81. The van der Waals surface area contributed by atoms with Crippen molar-refractivity contribution >= 4 is 38.7 Å². The van der Waals surface area contributed by atoms with E-state index >= 15 is 0 Å². The van der Waals surface area contributed by atoms with Crippen LogP contribution >= 0.6 is 11.8 Å². The summed E-state index contributed by atoms with van der Waals surface area (Å²) in [6, 6.07) is 6.76. The number of rotatable bonds is 5. The third-order valence-corrected chi connectivity index (χ3v) is 6.97. The Bertz CT molecular complexity index is 924. The number of hydrogen-bond donors (Lipinski definition) is 0. The van der Waals surface area contributed by atoms with E-state index in [0.29, 0.717) is 37.2 Å². The summed E-state index contributed by atoms with van der Waals surface area (Å²) in [5, 5.41) is 0.707. The summed E-state index contributed by atoms with van der Waals surface area (Å²) in [5.74, 6) is -0.190. The summed E-state index contributed by atoms with van der Waals surface area (Å²) in [7, 11) is -2.25. The van der Waals surface area contributed by atoms with Crippen LogP contribution in [0.25, 0.3) is 10.9 Å². The maximum Gasteiger partial charge on any atom is 0.315 e. The molecule has 7 nitrogen and oxygen atoms in total. The number of carbonyl (C=O) groups excluding carboxylic acids is 1. The monoisotopic (exact) mass is 396 g/mol. The molecule has 1 fully saturated rings. The van der Waals surface area contributed by atoms with Crippen molar-refractivity contribution in [1.29, 1.82) is 0 Å². The SMILES string of the molecule is COC(=O)CSc1cc(C)nc2ccc(S(=O)(=O)N3CCOCC3)cc12. The maximum absolute atomic E-state index is 12.9. The van der Waals surface area contributed by atoms with Gasteiger partial charge in [-0.25, -0.2) is 8.42 Å². The maximum atomic E-state index is 12.9. The minimum absolute atomic E-state index is 0.148. The molecule has 0 atom stereocenters. The van der Waals surface area contributed by atoms with Gasteiger partial charge in [-0.15, -0.1) is 11.8 Å². The highest BCUT2D eigenvalue weighted by molar-refractivity contribution is 8.00. The summed E-state index contributed by atoms with van der Waals surface area (Å²) in [4.78, 5) is 16.9. The highest BCUT2D eigenvalue weighted by Crippen LogP contribution is 2.30. The van der Waals surface area contributed by atoms with Crippen molar-refractivity contribution in [2.75, 3.05) is 39.2 Å². The van der Waals surface area contributed by atoms with E-state index in [2.05, 4.69) is 9.72 Å². The summed E-state index contributed by atoms with van der Waals surface area (Å²) in [5.41, 5.74) is 1.49. The Labute approximate surface area is 156 Å². The first-order valence-electron chi connectivity index (χ1n) is 8.11. The first kappa shape index (κ1) is 19.1. The Morgan fingerprint density at radius 1 is 1.31 bits per heavy atom.